The molecule has 1 N–H and O–H groups in total. The molecule has 2 aliphatic heterocycles. The van der Waals surface area contributed by atoms with Gasteiger partial charge >= 0.3 is 0 Å². The Labute approximate surface area is 96.9 Å². The van der Waals surface area contributed by atoms with Gasteiger partial charge in [-0.1, -0.05) is 0 Å². The number of aromatic nitrogens is 1. The van der Waals surface area contributed by atoms with E-state index >= 15 is 0 Å². The molecule has 0 aliphatic carbocycles. The number of pyridine rings is 1. The SMILES string of the molecule is CN1CCc2ncc(C3CCCN3)cc2C1. The summed E-state index contributed by atoms with van der Waals surface area (Å²) in [5, 5.41) is 3.54. The molecule has 0 bridgehead atoms. The summed E-state index contributed by atoms with van der Waals surface area (Å²) in [6.07, 6.45) is 5.73. The van der Waals surface area contributed by atoms with E-state index in [9.17, 15) is 0 Å². The molecule has 1 aromatic rings. The minimum atomic E-state index is 0.546. The molecule has 2 aliphatic rings. The Hall–Kier alpha value is -0.930. The Kier molecular flexibility index (Phi) is 2.65. The van der Waals surface area contributed by atoms with Crippen LogP contribution in [0.4, 0.5) is 0 Å². The summed E-state index contributed by atoms with van der Waals surface area (Å²) >= 11 is 0. The molecule has 0 spiro atoms. The molecule has 0 saturated carbocycles. The number of likely N-dealkylation sites (N-methyl/N-ethyl adjacent to an activating group) is 1. The zero-order chi connectivity index (χ0) is 11.0. The van der Waals surface area contributed by atoms with Crippen LogP contribution in [0.2, 0.25) is 0 Å². The Morgan fingerprint density at radius 2 is 2.44 bits per heavy atom. The number of fused-ring (bicyclic) bond motifs is 1. The van der Waals surface area contributed by atoms with Crippen LogP contribution in [0, 0.1) is 0 Å². The first-order valence-corrected chi connectivity index (χ1v) is 6.22. The van der Waals surface area contributed by atoms with E-state index in [1.165, 1.54) is 29.7 Å². The maximum absolute atomic E-state index is 4.63. The van der Waals surface area contributed by atoms with Gasteiger partial charge in [-0.2, -0.15) is 0 Å². The maximum atomic E-state index is 4.63. The number of hydrogen-bond donors (Lipinski definition) is 1. The van der Waals surface area contributed by atoms with Gasteiger partial charge in [-0.25, -0.2) is 0 Å². The lowest BCUT2D eigenvalue weighted by atomic mass is 10.0. The maximum Gasteiger partial charge on any atom is 0.0461 e. The lowest BCUT2D eigenvalue weighted by Gasteiger charge is -2.25. The molecular formula is C13H19N3. The zero-order valence-corrected chi connectivity index (χ0v) is 9.87. The van der Waals surface area contributed by atoms with Crippen LogP contribution in [0.5, 0.6) is 0 Å². The number of nitrogens with zero attached hydrogens (tertiary/aromatic N) is 2. The second-order valence-corrected chi connectivity index (χ2v) is 5.01. The van der Waals surface area contributed by atoms with Gasteiger partial charge in [-0.3, -0.25) is 4.98 Å². The Bertz CT molecular complexity index is 383. The standard InChI is InChI=1S/C13H19N3/c1-16-6-4-13-11(9-16)7-10(8-15-13)12-3-2-5-14-12/h7-8,12,14H,2-6,9H2,1H3. The van der Waals surface area contributed by atoms with E-state index in [0.29, 0.717) is 6.04 Å². The van der Waals surface area contributed by atoms with Gasteiger partial charge in [-0.15, -0.1) is 0 Å². The van der Waals surface area contributed by atoms with Crippen molar-refractivity contribution in [2.24, 2.45) is 0 Å². The topological polar surface area (TPSA) is 28.2 Å². The van der Waals surface area contributed by atoms with E-state index in [0.717, 1.165) is 26.1 Å². The third kappa shape index (κ3) is 1.85. The van der Waals surface area contributed by atoms with Crippen molar-refractivity contribution >= 4 is 0 Å². The van der Waals surface area contributed by atoms with Crippen LogP contribution >= 0.6 is 0 Å². The first kappa shape index (κ1) is 10.2. The monoisotopic (exact) mass is 217 g/mol. The number of rotatable bonds is 1. The molecule has 3 rings (SSSR count). The molecule has 1 atom stereocenters. The average Bonchev–Trinajstić information content (AvgIpc) is 2.81. The van der Waals surface area contributed by atoms with E-state index in [1.54, 1.807) is 0 Å². The molecule has 3 heterocycles. The smallest absolute Gasteiger partial charge is 0.0461 e. The summed E-state index contributed by atoms with van der Waals surface area (Å²) in [4.78, 5) is 7.00. The van der Waals surface area contributed by atoms with Gasteiger partial charge in [0.2, 0.25) is 0 Å². The van der Waals surface area contributed by atoms with Crippen LogP contribution in [-0.2, 0) is 13.0 Å². The van der Waals surface area contributed by atoms with Crippen molar-refractivity contribution in [2.45, 2.75) is 31.8 Å². The Morgan fingerprint density at radius 3 is 3.25 bits per heavy atom. The van der Waals surface area contributed by atoms with E-state index in [4.69, 9.17) is 0 Å². The molecule has 0 aromatic carbocycles. The van der Waals surface area contributed by atoms with Crippen LogP contribution < -0.4 is 5.32 Å². The van der Waals surface area contributed by atoms with Gasteiger partial charge in [0.05, 0.1) is 0 Å². The fourth-order valence-electron chi connectivity index (χ4n) is 2.75. The molecule has 16 heavy (non-hydrogen) atoms. The molecule has 1 saturated heterocycles. The molecule has 1 fully saturated rings. The molecule has 86 valence electrons. The van der Waals surface area contributed by atoms with Gasteiger partial charge < -0.3 is 10.2 Å². The van der Waals surface area contributed by atoms with E-state index in [2.05, 4.69) is 34.5 Å². The fourth-order valence-corrected chi connectivity index (χ4v) is 2.75. The largest absolute Gasteiger partial charge is 0.310 e. The highest BCUT2D eigenvalue weighted by atomic mass is 15.1. The molecule has 0 radical (unpaired) electrons. The van der Waals surface area contributed by atoms with Crippen molar-refractivity contribution in [3.8, 4) is 0 Å². The highest BCUT2D eigenvalue weighted by molar-refractivity contribution is 5.29. The van der Waals surface area contributed by atoms with Gasteiger partial charge in [0, 0.05) is 37.4 Å². The summed E-state index contributed by atoms with van der Waals surface area (Å²) in [6.45, 7) is 3.35. The van der Waals surface area contributed by atoms with Crippen molar-refractivity contribution < 1.29 is 0 Å². The highest BCUT2D eigenvalue weighted by Crippen LogP contribution is 2.25. The summed E-state index contributed by atoms with van der Waals surface area (Å²) in [5.74, 6) is 0. The van der Waals surface area contributed by atoms with E-state index in [1.807, 2.05) is 0 Å². The second-order valence-electron chi connectivity index (χ2n) is 5.01. The molecule has 1 aromatic heterocycles. The van der Waals surface area contributed by atoms with Crippen LogP contribution in [0.1, 0.15) is 35.7 Å². The first-order valence-electron chi connectivity index (χ1n) is 6.22. The molecule has 0 amide bonds. The van der Waals surface area contributed by atoms with Crippen molar-refractivity contribution in [1.82, 2.24) is 15.2 Å². The second kappa shape index (κ2) is 4.15. The van der Waals surface area contributed by atoms with Gasteiger partial charge in [0.1, 0.15) is 0 Å². The van der Waals surface area contributed by atoms with Crippen molar-refractivity contribution in [3.63, 3.8) is 0 Å². The molecular weight excluding hydrogens is 198 g/mol. The Balaban J connectivity index is 1.88. The lowest BCUT2D eigenvalue weighted by molar-refractivity contribution is 0.309. The molecule has 3 nitrogen and oxygen atoms in total. The quantitative estimate of drug-likeness (QED) is 0.772. The van der Waals surface area contributed by atoms with Crippen LogP contribution in [0.25, 0.3) is 0 Å². The summed E-state index contributed by atoms with van der Waals surface area (Å²) in [7, 11) is 2.18. The average molecular weight is 217 g/mol. The van der Waals surface area contributed by atoms with Crippen LogP contribution in [0.15, 0.2) is 12.3 Å². The van der Waals surface area contributed by atoms with Crippen molar-refractivity contribution in [1.29, 1.82) is 0 Å². The van der Waals surface area contributed by atoms with Crippen molar-refractivity contribution in [3.05, 3.63) is 29.1 Å². The predicted molar refractivity (Wildman–Crippen MR) is 64.3 cm³/mol. The predicted octanol–water partition coefficient (Wildman–Crippen LogP) is 1.49. The van der Waals surface area contributed by atoms with Crippen molar-refractivity contribution in [2.75, 3.05) is 20.1 Å². The highest BCUT2D eigenvalue weighted by Gasteiger charge is 2.20. The lowest BCUT2D eigenvalue weighted by Crippen LogP contribution is -2.27. The van der Waals surface area contributed by atoms with E-state index < -0.39 is 0 Å². The fraction of sp³-hybridized carbons (Fsp3) is 0.615. The third-order valence-corrected chi connectivity index (χ3v) is 3.71. The summed E-state index contributed by atoms with van der Waals surface area (Å²) in [6, 6.07) is 2.91. The molecule has 1 unspecified atom stereocenters. The third-order valence-electron chi connectivity index (χ3n) is 3.71. The minimum absolute atomic E-state index is 0.546. The summed E-state index contributed by atoms with van der Waals surface area (Å²) < 4.78 is 0. The number of hydrogen-bond acceptors (Lipinski definition) is 3. The van der Waals surface area contributed by atoms with Crippen LogP contribution in [-0.4, -0.2) is 30.0 Å². The molecule has 3 heteroatoms. The normalized spacial score (nSPS) is 25.7. The summed E-state index contributed by atoms with van der Waals surface area (Å²) in [5.41, 5.74) is 4.12. The number of nitrogens with one attached hydrogen (secondary N) is 1. The first-order chi connectivity index (χ1) is 7.83. The minimum Gasteiger partial charge on any atom is -0.310 e. The Morgan fingerprint density at radius 1 is 1.50 bits per heavy atom. The van der Waals surface area contributed by atoms with Gasteiger partial charge in [-0.05, 0) is 43.6 Å². The van der Waals surface area contributed by atoms with Gasteiger partial charge in [0.15, 0.2) is 0 Å². The van der Waals surface area contributed by atoms with Gasteiger partial charge in [0.25, 0.3) is 0 Å². The zero-order valence-electron chi connectivity index (χ0n) is 9.87. The van der Waals surface area contributed by atoms with E-state index in [-0.39, 0.29) is 0 Å². The van der Waals surface area contributed by atoms with Crippen LogP contribution in [0.3, 0.4) is 0 Å².